The van der Waals surface area contributed by atoms with Crippen LogP contribution in [0.2, 0.25) is 0 Å². The number of aryl methyl sites for hydroxylation is 1. The highest BCUT2D eigenvalue weighted by Crippen LogP contribution is 2.20. The van der Waals surface area contributed by atoms with Gasteiger partial charge in [-0.2, -0.15) is 11.8 Å². The maximum atomic E-state index is 5.63. The molecule has 2 rings (SSSR count). The zero-order valence-corrected chi connectivity index (χ0v) is 10.0. The lowest BCUT2D eigenvalue weighted by molar-refractivity contribution is 0.395. The molecule has 0 saturated carbocycles. The summed E-state index contributed by atoms with van der Waals surface area (Å²) >= 11 is 1.95. The van der Waals surface area contributed by atoms with E-state index in [-0.39, 0.29) is 0 Å². The van der Waals surface area contributed by atoms with Crippen molar-refractivity contribution in [2.45, 2.75) is 38.0 Å². The second-order valence-electron chi connectivity index (χ2n) is 3.87. The van der Waals surface area contributed by atoms with E-state index in [1.165, 1.54) is 18.6 Å². The maximum absolute atomic E-state index is 5.63. The Morgan fingerprint density at radius 1 is 1.40 bits per heavy atom. The molecule has 84 valence electrons. The zero-order valence-electron chi connectivity index (χ0n) is 9.20. The summed E-state index contributed by atoms with van der Waals surface area (Å²) in [5.74, 6) is 4.42. The lowest BCUT2D eigenvalue weighted by Crippen LogP contribution is -1.88. The standard InChI is InChI=1S/C12H18O2S/c1-2-10-5-6-12(14-10)9-15-7-3-4-11-8-13-11/h5-6,11H,2-4,7-9H2,1H3. The molecule has 2 heterocycles. The van der Waals surface area contributed by atoms with Crippen LogP contribution in [0.1, 0.15) is 31.3 Å². The highest BCUT2D eigenvalue weighted by atomic mass is 32.2. The van der Waals surface area contributed by atoms with Crippen LogP contribution in [-0.4, -0.2) is 18.5 Å². The van der Waals surface area contributed by atoms with Crippen LogP contribution in [0.25, 0.3) is 0 Å². The van der Waals surface area contributed by atoms with E-state index < -0.39 is 0 Å². The van der Waals surface area contributed by atoms with Crippen molar-refractivity contribution >= 4 is 11.8 Å². The van der Waals surface area contributed by atoms with E-state index in [4.69, 9.17) is 9.15 Å². The molecular formula is C12H18O2S. The van der Waals surface area contributed by atoms with Gasteiger partial charge < -0.3 is 9.15 Å². The Hall–Kier alpha value is -0.410. The Balaban J connectivity index is 1.56. The third-order valence-corrected chi connectivity index (χ3v) is 3.59. The fraction of sp³-hybridized carbons (Fsp3) is 0.667. The van der Waals surface area contributed by atoms with Crippen LogP contribution in [0.5, 0.6) is 0 Å². The first kappa shape index (κ1) is 11.1. The van der Waals surface area contributed by atoms with Crippen LogP contribution < -0.4 is 0 Å². The van der Waals surface area contributed by atoms with Crippen molar-refractivity contribution in [2.75, 3.05) is 12.4 Å². The normalized spacial score (nSPS) is 19.4. The van der Waals surface area contributed by atoms with Crippen molar-refractivity contribution in [2.24, 2.45) is 0 Å². The topological polar surface area (TPSA) is 25.7 Å². The largest absolute Gasteiger partial charge is 0.465 e. The molecule has 1 aromatic rings. The smallest absolute Gasteiger partial charge is 0.114 e. The number of hydrogen-bond donors (Lipinski definition) is 0. The monoisotopic (exact) mass is 226 g/mol. The molecule has 1 unspecified atom stereocenters. The summed E-state index contributed by atoms with van der Waals surface area (Å²) in [6, 6.07) is 4.17. The van der Waals surface area contributed by atoms with Crippen molar-refractivity contribution in [1.82, 2.24) is 0 Å². The van der Waals surface area contributed by atoms with Gasteiger partial charge in [-0.3, -0.25) is 0 Å². The van der Waals surface area contributed by atoms with Crippen LogP contribution in [-0.2, 0) is 16.9 Å². The predicted octanol–water partition coefficient (Wildman–Crippen LogP) is 3.25. The SMILES string of the molecule is CCc1ccc(CSCCCC2CO2)o1. The van der Waals surface area contributed by atoms with E-state index >= 15 is 0 Å². The Labute approximate surface area is 95.4 Å². The van der Waals surface area contributed by atoms with Gasteiger partial charge in [-0.25, -0.2) is 0 Å². The number of hydrogen-bond acceptors (Lipinski definition) is 3. The first-order valence-corrected chi connectivity index (χ1v) is 6.81. The van der Waals surface area contributed by atoms with E-state index in [1.807, 2.05) is 11.8 Å². The Kier molecular flexibility index (Phi) is 4.15. The number of rotatable bonds is 7. The first-order valence-electron chi connectivity index (χ1n) is 5.65. The third kappa shape index (κ3) is 3.92. The Bertz CT molecular complexity index is 292. The van der Waals surface area contributed by atoms with Crippen LogP contribution in [0.15, 0.2) is 16.5 Å². The highest BCUT2D eigenvalue weighted by molar-refractivity contribution is 7.98. The summed E-state index contributed by atoms with van der Waals surface area (Å²) in [6.07, 6.45) is 4.06. The summed E-state index contributed by atoms with van der Waals surface area (Å²) in [6.45, 7) is 3.11. The van der Waals surface area contributed by atoms with Crippen LogP contribution in [0.4, 0.5) is 0 Å². The molecule has 3 heteroatoms. The van der Waals surface area contributed by atoms with Gasteiger partial charge in [0.2, 0.25) is 0 Å². The molecule has 1 atom stereocenters. The van der Waals surface area contributed by atoms with Crippen molar-refractivity contribution in [3.8, 4) is 0 Å². The molecule has 1 aliphatic heterocycles. The van der Waals surface area contributed by atoms with Gasteiger partial charge in [0, 0.05) is 6.42 Å². The average molecular weight is 226 g/mol. The van der Waals surface area contributed by atoms with E-state index in [0.29, 0.717) is 6.10 Å². The highest BCUT2D eigenvalue weighted by Gasteiger charge is 2.20. The molecule has 15 heavy (non-hydrogen) atoms. The summed E-state index contributed by atoms with van der Waals surface area (Å²) in [5.41, 5.74) is 0. The van der Waals surface area contributed by atoms with Gasteiger partial charge in [0.15, 0.2) is 0 Å². The number of epoxide rings is 1. The minimum absolute atomic E-state index is 0.584. The number of furan rings is 1. The molecule has 1 saturated heterocycles. The summed E-state index contributed by atoms with van der Waals surface area (Å²) in [5, 5.41) is 0. The average Bonchev–Trinajstić information content (AvgIpc) is 2.96. The number of thioether (sulfide) groups is 1. The van der Waals surface area contributed by atoms with E-state index in [9.17, 15) is 0 Å². The van der Waals surface area contributed by atoms with Crippen LogP contribution in [0, 0.1) is 0 Å². The van der Waals surface area contributed by atoms with Gasteiger partial charge in [0.1, 0.15) is 11.5 Å². The van der Waals surface area contributed by atoms with Crippen molar-refractivity contribution in [3.05, 3.63) is 23.7 Å². The zero-order chi connectivity index (χ0) is 10.5. The Morgan fingerprint density at radius 3 is 2.87 bits per heavy atom. The molecule has 0 spiro atoms. The van der Waals surface area contributed by atoms with Gasteiger partial charge in [0.05, 0.1) is 18.5 Å². The molecule has 0 aromatic carbocycles. The van der Waals surface area contributed by atoms with Gasteiger partial charge in [0.25, 0.3) is 0 Å². The van der Waals surface area contributed by atoms with Gasteiger partial charge in [-0.1, -0.05) is 6.92 Å². The van der Waals surface area contributed by atoms with E-state index in [1.54, 1.807) is 0 Å². The van der Waals surface area contributed by atoms with Gasteiger partial charge >= 0.3 is 0 Å². The summed E-state index contributed by atoms with van der Waals surface area (Å²) in [4.78, 5) is 0. The minimum atomic E-state index is 0.584. The van der Waals surface area contributed by atoms with Crippen LogP contribution >= 0.6 is 11.8 Å². The fourth-order valence-corrected chi connectivity index (χ4v) is 2.38. The lowest BCUT2D eigenvalue weighted by atomic mass is 10.3. The van der Waals surface area contributed by atoms with Crippen molar-refractivity contribution < 1.29 is 9.15 Å². The molecule has 0 amide bonds. The predicted molar refractivity (Wildman–Crippen MR) is 63.2 cm³/mol. The Morgan fingerprint density at radius 2 is 2.20 bits per heavy atom. The quantitative estimate of drug-likeness (QED) is 0.527. The van der Waals surface area contributed by atoms with Crippen molar-refractivity contribution in [1.29, 1.82) is 0 Å². The second-order valence-corrected chi connectivity index (χ2v) is 4.98. The first-order chi connectivity index (χ1) is 7.38. The molecule has 1 aromatic heterocycles. The van der Waals surface area contributed by atoms with Gasteiger partial charge in [-0.15, -0.1) is 0 Å². The fourth-order valence-electron chi connectivity index (χ4n) is 1.51. The lowest BCUT2D eigenvalue weighted by Gasteiger charge is -1.98. The maximum Gasteiger partial charge on any atom is 0.114 e. The second kappa shape index (κ2) is 5.61. The molecule has 1 aliphatic rings. The summed E-state index contributed by atoms with van der Waals surface area (Å²) < 4.78 is 10.8. The van der Waals surface area contributed by atoms with Crippen LogP contribution in [0.3, 0.4) is 0 Å². The molecule has 1 fully saturated rings. The van der Waals surface area contributed by atoms with E-state index in [2.05, 4.69) is 19.1 Å². The van der Waals surface area contributed by atoms with E-state index in [0.717, 1.165) is 30.3 Å². The molecular weight excluding hydrogens is 208 g/mol. The molecule has 0 radical (unpaired) electrons. The van der Waals surface area contributed by atoms with Gasteiger partial charge in [-0.05, 0) is 30.7 Å². The molecule has 0 N–H and O–H groups in total. The minimum Gasteiger partial charge on any atom is -0.465 e. The summed E-state index contributed by atoms with van der Waals surface area (Å²) in [7, 11) is 0. The molecule has 0 bridgehead atoms. The molecule has 2 nitrogen and oxygen atoms in total. The third-order valence-electron chi connectivity index (χ3n) is 2.53. The van der Waals surface area contributed by atoms with Crippen molar-refractivity contribution in [3.63, 3.8) is 0 Å². The number of ether oxygens (including phenoxy) is 1. The molecule has 0 aliphatic carbocycles.